The number of hydrogen-bond acceptors (Lipinski definition) is 4. The lowest BCUT2D eigenvalue weighted by Crippen LogP contribution is -2.52. The van der Waals surface area contributed by atoms with Crippen molar-refractivity contribution in [2.45, 2.75) is 39.2 Å². The summed E-state index contributed by atoms with van der Waals surface area (Å²) < 4.78 is 1.86. The molecule has 1 aliphatic heterocycles. The second-order valence-electron chi connectivity index (χ2n) is 6.73. The molecule has 0 amide bonds. The van der Waals surface area contributed by atoms with Gasteiger partial charge in [-0.25, -0.2) is 0 Å². The molecule has 1 saturated heterocycles. The minimum absolute atomic E-state index is 0.415. The van der Waals surface area contributed by atoms with Crippen molar-refractivity contribution in [1.82, 2.24) is 25.3 Å². The number of nitrogens with zero attached hydrogens (tertiary/aromatic N) is 5. The van der Waals surface area contributed by atoms with Gasteiger partial charge in [0.2, 0.25) is 0 Å². The van der Waals surface area contributed by atoms with Gasteiger partial charge in [0, 0.05) is 52.5 Å². The van der Waals surface area contributed by atoms with E-state index in [-0.39, 0.29) is 0 Å². The van der Waals surface area contributed by atoms with Gasteiger partial charge < -0.3 is 20.4 Å². The molecule has 1 aromatic heterocycles. The average Bonchev–Trinajstić information content (AvgIpc) is 3.06. The van der Waals surface area contributed by atoms with Crippen molar-refractivity contribution < 1.29 is 0 Å². The maximum absolute atomic E-state index is 4.39. The van der Waals surface area contributed by atoms with Crippen molar-refractivity contribution in [2.75, 3.05) is 51.2 Å². The first kappa shape index (κ1) is 19.6. The number of aliphatic imine (C=N–C) groups is 1. The Morgan fingerprint density at radius 1 is 1.40 bits per heavy atom. The Kier molecular flexibility index (Phi) is 8.04. The summed E-state index contributed by atoms with van der Waals surface area (Å²) in [6, 6.07) is 0.415. The van der Waals surface area contributed by atoms with E-state index in [9.17, 15) is 0 Å². The Morgan fingerprint density at radius 2 is 2.24 bits per heavy atom. The van der Waals surface area contributed by atoms with Gasteiger partial charge in [-0.3, -0.25) is 9.67 Å². The maximum Gasteiger partial charge on any atom is 0.191 e. The van der Waals surface area contributed by atoms with Gasteiger partial charge in [-0.1, -0.05) is 13.8 Å². The number of likely N-dealkylation sites (N-methyl/N-ethyl adjacent to an activating group) is 1. The predicted octanol–water partition coefficient (Wildman–Crippen LogP) is 1.29. The molecule has 2 N–H and O–H groups in total. The lowest BCUT2D eigenvalue weighted by Gasteiger charge is -2.34. The predicted molar refractivity (Wildman–Crippen MR) is 105 cm³/mol. The third-order valence-corrected chi connectivity index (χ3v) is 4.75. The van der Waals surface area contributed by atoms with Gasteiger partial charge >= 0.3 is 0 Å². The van der Waals surface area contributed by atoms with Gasteiger partial charge in [0.15, 0.2) is 5.96 Å². The minimum Gasteiger partial charge on any atom is -0.367 e. The van der Waals surface area contributed by atoms with Gasteiger partial charge in [0.1, 0.15) is 0 Å². The van der Waals surface area contributed by atoms with E-state index in [1.165, 1.54) is 24.9 Å². The third-order valence-electron chi connectivity index (χ3n) is 4.75. The van der Waals surface area contributed by atoms with Crippen LogP contribution in [0.5, 0.6) is 0 Å². The molecule has 0 aliphatic carbocycles. The van der Waals surface area contributed by atoms with Crippen molar-refractivity contribution in [2.24, 2.45) is 12.0 Å². The first-order valence-electron chi connectivity index (χ1n) is 9.59. The zero-order valence-electron chi connectivity index (χ0n) is 16.3. The standard InChI is InChI=1S/C18H35N7/c1-5-10-24(6-2)12-9-20-18(19-3)22-16-8-7-11-25(14-16)17-13-21-23(4)15-17/h13,15-16H,5-12,14H2,1-4H3,(H2,19,20,22). The van der Waals surface area contributed by atoms with Crippen molar-refractivity contribution in [1.29, 1.82) is 0 Å². The highest BCUT2D eigenvalue weighted by Gasteiger charge is 2.21. The van der Waals surface area contributed by atoms with Gasteiger partial charge in [-0.2, -0.15) is 5.10 Å². The largest absolute Gasteiger partial charge is 0.367 e. The Morgan fingerprint density at radius 3 is 2.88 bits per heavy atom. The fourth-order valence-corrected chi connectivity index (χ4v) is 3.37. The summed E-state index contributed by atoms with van der Waals surface area (Å²) in [6.07, 6.45) is 7.59. The van der Waals surface area contributed by atoms with Crippen molar-refractivity contribution >= 4 is 11.6 Å². The number of rotatable bonds is 8. The molecule has 1 aromatic rings. The summed E-state index contributed by atoms with van der Waals surface area (Å²) in [5.74, 6) is 0.908. The molecule has 1 atom stereocenters. The topological polar surface area (TPSA) is 60.7 Å². The molecule has 2 rings (SSSR count). The molecule has 0 aromatic carbocycles. The molecule has 1 aliphatic rings. The van der Waals surface area contributed by atoms with Crippen LogP contribution < -0.4 is 15.5 Å². The van der Waals surface area contributed by atoms with Crippen LogP contribution in [0.4, 0.5) is 5.69 Å². The number of guanidine groups is 1. The fraction of sp³-hybridized carbons (Fsp3) is 0.778. The van der Waals surface area contributed by atoms with E-state index in [0.29, 0.717) is 6.04 Å². The van der Waals surface area contributed by atoms with E-state index in [1.807, 2.05) is 25.0 Å². The minimum atomic E-state index is 0.415. The van der Waals surface area contributed by atoms with Crippen LogP contribution in [0, 0.1) is 0 Å². The molecule has 0 spiro atoms. The molecule has 1 fully saturated rings. The van der Waals surface area contributed by atoms with Crippen LogP contribution in [0.1, 0.15) is 33.1 Å². The van der Waals surface area contributed by atoms with E-state index in [4.69, 9.17) is 0 Å². The summed E-state index contributed by atoms with van der Waals surface area (Å²) in [6.45, 7) is 10.8. The maximum atomic E-state index is 4.39. The van der Waals surface area contributed by atoms with Crippen LogP contribution >= 0.6 is 0 Å². The highest BCUT2D eigenvalue weighted by molar-refractivity contribution is 5.80. The molecule has 0 bridgehead atoms. The van der Waals surface area contributed by atoms with Crippen molar-refractivity contribution in [3.63, 3.8) is 0 Å². The van der Waals surface area contributed by atoms with E-state index in [1.54, 1.807) is 0 Å². The van der Waals surface area contributed by atoms with Gasteiger partial charge in [-0.15, -0.1) is 0 Å². The molecule has 25 heavy (non-hydrogen) atoms. The number of aromatic nitrogens is 2. The SMILES string of the molecule is CCCN(CC)CCNC(=NC)NC1CCCN(c2cnn(C)c2)C1. The summed E-state index contributed by atoms with van der Waals surface area (Å²) in [5.41, 5.74) is 1.20. The lowest BCUT2D eigenvalue weighted by molar-refractivity contribution is 0.292. The number of aryl methyl sites for hydroxylation is 1. The molecule has 2 heterocycles. The van der Waals surface area contributed by atoms with Gasteiger partial charge in [-0.05, 0) is 32.4 Å². The number of hydrogen-bond donors (Lipinski definition) is 2. The molecule has 0 saturated carbocycles. The van der Waals surface area contributed by atoms with Crippen LogP contribution in [-0.4, -0.2) is 73.0 Å². The molecule has 1 unspecified atom stereocenters. The number of piperidine rings is 1. The summed E-state index contributed by atoms with van der Waals surface area (Å²) >= 11 is 0. The highest BCUT2D eigenvalue weighted by atomic mass is 15.3. The van der Waals surface area contributed by atoms with Crippen LogP contribution in [0.15, 0.2) is 17.4 Å². The van der Waals surface area contributed by atoms with Gasteiger partial charge in [0.05, 0.1) is 11.9 Å². The first-order valence-corrected chi connectivity index (χ1v) is 9.59. The highest BCUT2D eigenvalue weighted by Crippen LogP contribution is 2.18. The normalized spacial score (nSPS) is 18.7. The van der Waals surface area contributed by atoms with Crippen LogP contribution in [-0.2, 0) is 7.05 Å². The fourth-order valence-electron chi connectivity index (χ4n) is 3.37. The molecule has 7 heteroatoms. The number of nitrogens with one attached hydrogen (secondary N) is 2. The molecule has 142 valence electrons. The monoisotopic (exact) mass is 349 g/mol. The Balaban J connectivity index is 1.78. The van der Waals surface area contributed by atoms with Gasteiger partial charge in [0.25, 0.3) is 0 Å². The van der Waals surface area contributed by atoms with E-state index < -0.39 is 0 Å². The van der Waals surface area contributed by atoms with E-state index >= 15 is 0 Å². The summed E-state index contributed by atoms with van der Waals surface area (Å²) in [7, 11) is 3.81. The Bertz CT molecular complexity index is 525. The lowest BCUT2D eigenvalue weighted by atomic mass is 10.1. The molecule has 0 radical (unpaired) electrons. The average molecular weight is 350 g/mol. The Labute approximate surface area is 152 Å². The third kappa shape index (κ3) is 6.23. The van der Waals surface area contributed by atoms with E-state index in [0.717, 1.165) is 45.2 Å². The van der Waals surface area contributed by atoms with Crippen molar-refractivity contribution in [3.8, 4) is 0 Å². The number of anilines is 1. The zero-order valence-corrected chi connectivity index (χ0v) is 16.3. The van der Waals surface area contributed by atoms with E-state index in [2.05, 4.69) is 50.6 Å². The summed E-state index contributed by atoms with van der Waals surface area (Å²) in [5, 5.41) is 11.3. The smallest absolute Gasteiger partial charge is 0.191 e. The van der Waals surface area contributed by atoms with Crippen LogP contribution in [0.2, 0.25) is 0 Å². The van der Waals surface area contributed by atoms with Crippen molar-refractivity contribution in [3.05, 3.63) is 12.4 Å². The molecule has 7 nitrogen and oxygen atoms in total. The molecular formula is C18H35N7. The molecular weight excluding hydrogens is 314 g/mol. The Hall–Kier alpha value is -1.76. The quantitative estimate of drug-likeness (QED) is 0.547. The second-order valence-corrected chi connectivity index (χ2v) is 6.73. The first-order chi connectivity index (χ1) is 12.2. The second kappa shape index (κ2) is 10.3. The van der Waals surface area contributed by atoms with Crippen LogP contribution in [0.3, 0.4) is 0 Å². The van der Waals surface area contributed by atoms with Crippen LogP contribution in [0.25, 0.3) is 0 Å². The zero-order chi connectivity index (χ0) is 18.1. The summed E-state index contributed by atoms with van der Waals surface area (Å²) in [4.78, 5) is 9.26.